The number of benzene rings is 1. The number of hydrogen-bond acceptors (Lipinski definition) is 4. The summed E-state index contributed by atoms with van der Waals surface area (Å²) in [6, 6.07) is 12.4. The van der Waals surface area contributed by atoms with E-state index < -0.39 is 0 Å². The van der Waals surface area contributed by atoms with E-state index in [9.17, 15) is 14.0 Å². The largest absolute Gasteiger partial charge is 0.368 e. The van der Waals surface area contributed by atoms with Crippen LogP contribution in [0, 0.1) is 5.82 Å². The van der Waals surface area contributed by atoms with E-state index in [2.05, 4.69) is 14.8 Å². The summed E-state index contributed by atoms with van der Waals surface area (Å²) in [7, 11) is 0. The Bertz CT molecular complexity index is 877. The molecule has 3 heterocycles. The first-order valence-corrected chi connectivity index (χ1v) is 10.9. The van der Waals surface area contributed by atoms with Crippen molar-refractivity contribution in [2.24, 2.45) is 0 Å². The van der Waals surface area contributed by atoms with Crippen LogP contribution in [0.15, 0.2) is 48.7 Å². The number of amides is 2. The van der Waals surface area contributed by atoms with Crippen LogP contribution >= 0.6 is 0 Å². The summed E-state index contributed by atoms with van der Waals surface area (Å²) in [5.74, 6) is 0.895. The van der Waals surface area contributed by atoms with Crippen LogP contribution in [-0.2, 0) is 9.59 Å². The molecule has 1 aromatic heterocycles. The van der Waals surface area contributed by atoms with Crippen LogP contribution in [0.5, 0.6) is 0 Å². The molecule has 7 nitrogen and oxygen atoms in total. The number of carbonyl (C=O) groups excluding carboxylic acids is 2. The number of aromatic amines is 1. The molecule has 31 heavy (non-hydrogen) atoms. The molecule has 2 fully saturated rings. The van der Waals surface area contributed by atoms with Gasteiger partial charge in [-0.3, -0.25) is 14.5 Å². The summed E-state index contributed by atoms with van der Waals surface area (Å²) in [4.78, 5) is 36.5. The summed E-state index contributed by atoms with van der Waals surface area (Å²) >= 11 is 0. The van der Waals surface area contributed by atoms with Gasteiger partial charge in [0.2, 0.25) is 11.8 Å². The van der Waals surface area contributed by atoms with Crippen LogP contribution in [0.3, 0.4) is 0 Å². The molecular weight excluding hydrogens is 397 g/mol. The van der Waals surface area contributed by atoms with Crippen LogP contribution in [0.25, 0.3) is 0 Å². The van der Waals surface area contributed by atoms with Gasteiger partial charge in [0, 0.05) is 50.8 Å². The molecular formula is C23H29FN5O2+. The zero-order valence-electron chi connectivity index (χ0n) is 17.7. The maximum Gasteiger partial charge on any atom is 0.274 e. The Morgan fingerprint density at radius 3 is 1.81 bits per heavy atom. The molecule has 0 bridgehead atoms. The number of anilines is 2. The van der Waals surface area contributed by atoms with Crippen LogP contribution in [-0.4, -0.2) is 74.0 Å². The molecule has 0 saturated carbocycles. The van der Waals surface area contributed by atoms with Crippen molar-refractivity contribution in [3.63, 3.8) is 0 Å². The van der Waals surface area contributed by atoms with Crippen LogP contribution < -0.4 is 14.8 Å². The fourth-order valence-corrected chi connectivity index (χ4v) is 4.17. The molecule has 164 valence electrons. The minimum absolute atomic E-state index is 0.0321. The lowest BCUT2D eigenvalue weighted by Crippen LogP contribution is -2.50. The maximum atomic E-state index is 13.1. The van der Waals surface area contributed by atoms with E-state index in [0.717, 1.165) is 24.6 Å². The lowest BCUT2D eigenvalue weighted by molar-refractivity contribution is -0.364. The minimum atomic E-state index is -0.248. The highest BCUT2D eigenvalue weighted by molar-refractivity contribution is 5.84. The highest BCUT2D eigenvalue weighted by Crippen LogP contribution is 2.18. The summed E-state index contributed by atoms with van der Waals surface area (Å²) in [6.45, 7) is 5.58. The second kappa shape index (κ2) is 9.76. The number of hydrogen-bond donors (Lipinski definition) is 0. The van der Waals surface area contributed by atoms with Gasteiger partial charge in [-0.25, -0.2) is 9.37 Å². The van der Waals surface area contributed by atoms with Crippen molar-refractivity contribution in [2.45, 2.75) is 12.8 Å². The SMILES string of the molecule is O=C(CCC(=O)N1CCN(c2cccc[nH+]2)CC1)N1CCN(c2ccc(F)cc2)CC1. The predicted octanol–water partition coefficient (Wildman–Crippen LogP) is 1.42. The Balaban J connectivity index is 1.18. The summed E-state index contributed by atoms with van der Waals surface area (Å²) in [6.07, 6.45) is 2.41. The second-order valence-electron chi connectivity index (χ2n) is 7.96. The Labute approximate surface area is 182 Å². The average Bonchev–Trinajstić information content (AvgIpc) is 2.83. The first-order valence-electron chi connectivity index (χ1n) is 10.9. The van der Waals surface area contributed by atoms with Gasteiger partial charge >= 0.3 is 0 Å². The summed E-state index contributed by atoms with van der Waals surface area (Å²) in [5.41, 5.74) is 0.968. The van der Waals surface area contributed by atoms with Gasteiger partial charge in [0.25, 0.3) is 5.82 Å². The number of H-pyrrole nitrogens is 1. The number of aromatic nitrogens is 1. The number of carbonyl (C=O) groups is 2. The van der Waals surface area contributed by atoms with E-state index in [4.69, 9.17) is 0 Å². The number of nitrogens with one attached hydrogen (secondary N) is 1. The third-order valence-corrected chi connectivity index (χ3v) is 6.04. The van der Waals surface area contributed by atoms with Gasteiger partial charge in [-0.05, 0) is 30.3 Å². The van der Waals surface area contributed by atoms with E-state index in [0.29, 0.717) is 39.3 Å². The quantitative estimate of drug-likeness (QED) is 0.726. The van der Waals surface area contributed by atoms with Gasteiger partial charge in [0.15, 0.2) is 0 Å². The van der Waals surface area contributed by atoms with Gasteiger partial charge in [0.05, 0.1) is 19.3 Å². The molecule has 0 unspecified atom stereocenters. The van der Waals surface area contributed by atoms with E-state index in [1.54, 1.807) is 12.1 Å². The monoisotopic (exact) mass is 426 g/mol. The zero-order valence-corrected chi connectivity index (χ0v) is 17.7. The van der Waals surface area contributed by atoms with Gasteiger partial charge in [-0.2, -0.15) is 0 Å². The zero-order chi connectivity index (χ0) is 21.6. The Morgan fingerprint density at radius 2 is 1.29 bits per heavy atom. The standard InChI is InChI=1S/C23H28FN5O2/c24-19-4-6-20(7-5-19)26-11-15-28(16-12-26)22(30)8-9-23(31)29-17-13-27(14-18-29)21-3-1-2-10-25-21/h1-7,10H,8-9,11-18H2/p+1. The van der Waals surface area contributed by atoms with Crippen molar-refractivity contribution in [3.8, 4) is 0 Å². The van der Waals surface area contributed by atoms with Crippen molar-refractivity contribution < 1.29 is 19.0 Å². The summed E-state index contributed by atoms with van der Waals surface area (Å²) in [5, 5.41) is 0. The molecule has 1 aromatic carbocycles. The highest BCUT2D eigenvalue weighted by Gasteiger charge is 2.27. The van der Waals surface area contributed by atoms with Crippen molar-refractivity contribution in [1.29, 1.82) is 0 Å². The Kier molecular flexibility index (Phi) is 6.64. The lowest BCUT2D eigenvalue weighted by atomic mass is 10.2. The van der Waals surface area contributed by atoms with E-state index >= 15 is 0 Å². The number of nitrogens with zero attached hydrogens (tertiary/aromatic N) is 4. The van der Waals surface area contributed by atoms with Gasteiger partial charge in [-0.15, -0.1) is 0 Å². The van der Waals surface area contributed by atoms with E-state index in [1.165, 1.54) is 12.1 Å². The molecule has 2 amide bonds. The van der Waals surface area contributed by atoms with Crippen molar-refractivity contribution in [1.82, 2.24) is 9.80 Å². The smallest absolute Gasteiger partial charge is 0.274 e. The topological polar surface area (TPSA) is 61.2 Å². The molecule has 0 atom stereocenters. The molecule has 8 heteroatoms. The Hall–Kier alpha value is -3.16. The van der Waals surface area contributed by atoms with Gasteiger partial charge < -0.3 is 14.7 Å². The highest BCUT2D eigenvalue weighted by atomic mass is 19.1. The molecule has 0 aliphatic carbocycles. The fraction of sp³-hybridized carbons (Fsp3) is 0.435. The van der Waals surface area contributed by atoms with E-state index in [-0.39, 0.29) is 30.5 Å². The number of pyridine rings is 1. The third kappa shape index (κ3) is 5.31. The van der Waals surface area contributed by atoms with Crippen molar-refractivity contribution >= 4 is 23.3 Å². The van der Waals surface area contributed by atoms with Crippen molar-refractivity contribution in [3.05, 3.63) is 54.5 Å². The summed E-state index contributed by atoms with van der Waals surface area (Å²) < 4.78 is 13.1. The van der Waals surface area contributed by atoms with Crippen LogP contribution in [0.1, 0.15) is 12.8 Å². The van der Waals surface area contributed by atoms with Gasteiger partial charge in [0.1, 0.15) is 18.9 Å². The molecule has 4 rings (SSSR count). The van der Waals surface area contributed by atoms with E-state index in [1.807, 2.05) is 34.2 Å². The molecule has 2 aliphatic heterocycles. The molecule has 2 aromatic rings. The molecule has 2 saturated heterocycles. The molecule has 1 N–H and O–H groups in total. The van der Waals surface area contributed by atoms with Crippen molar-refractivity contribution in [2.75, 3.05) is 62.2 Å². The van der Waals surface area contributed by atoms with Crippen LogP contribution in [0.2, 0.25) is 0 Å². The lowest BCUT2D eigenvalue weighted by Gasteiger charge is -2.36. The minimum Gasteiger partial charge on any atom is -0.368 e. The predicted molar refractivity (Wildman–Crippen MR) is 116 cm³/mol. The molecule has 2 aliphatic rings. The number of rotatable bonds is 5. The number of halogens is 1. The Morgan fingerprint density at radius 1 is 0.742 bits per heavy atom. The average molecular weight is 427 g/mol. The normalized spacial score (nSPS) is 17.1. The first-order chi connectivity index (χ1) is 15.1. The first kappa shape index (κ1) is 21.1. The molecule has 0 radical (unpaired) electrons. The second-order valence-corrected chi connectivity index (χ2v) is 7.96. The molecule has 0 spiro atoms. The maximum absolute atomic E-state index is 13.1. The fourth-order valence-electron chi connectivity index (χ4n) is 4.17. The van der Waals surface area contributed by atoms with Gasteiger partial charge in [-0.1, -0.05) is 6.07 Å². The third-order valence-electron chi connectivity index (χ3n) is 6.04. The van der Waals surface area contributed by atoms with Crippen LogP contribution in [0.4, 0.5) is 15.9 Å². The number of piperazine rings is 2.